The van der Waals surface area contributed by atoms with Crippen LogP contribution in [0.3, 0.4) is 0 Å². The van der Waals surface area contributed by atoms with Crippen LogP contribution >= 0.6 is 11.8 Å². The first kappa shape index (κ1) is 20.9. The van der Waals surface area contributed by atoms with Crippen LogP contribution in [-0.2, 0) is 17.8 Å². The zero-order valence-corrected chi connectivity index (χ0v) is 17.3. The van der Waals surface area contributed by atoms with Gasteiger partial charge in [0.1, 0.15) is 18.2 Å². The first-order chi connectivity index (χ1) is 14.0. The predicted molar refractivity (Wildman–Crippen MR) is 113 cm³/mol. The van der Waals surface area contributed by atoms with E-state index in [-0.39, 0.29) is 16.7 Å². The standard InChI is InChI=1S/C21H23N3O4S/c1-3-4-5-18-22-14(2)12-19(25)24(18)10-11-28-16-8-6-15(7-9-16)13-17-20(26)23-21(27)29-17/h6-9,12-13H,3-5,10-11H2,1-2H3,(H,23,26,27). The van der Waals surface area contributed by atoms with Crippen molar-refractivity contribution in [3.05, 3.63) is 62.7 Å². The minimum Gasteiger partial charge on any atom is -0.492 e. The summed E-state index contributed by atoms with van der Waals surface area (Å²) in [5, 5.41) is 1.87. The van der Waals surface area contributed by atoms with Crippen LogP contribution < -0.4 is 15.6 Å². The number of aromatic nitrogens is 2. The summed E-state index contributed by atoms with van der Waals surface area (Å²) in [7, 11) is 0. The summed E-state index contributed by atoms with van der Waals surface area (Å²) in [6.45, 7) is 4.71. The molecule has 0 atom stereocenters. The summed E-state index contributed by atoms with van der Waals surface area (Å²) in [5.74, 6) is 1.08. The number of nitrogens with zero attached hydrogens (tertiary/aromatic N) is 2. The molecule has 1 aliphatic heterocycles. The van der Waals surface area contributed by atoms with Gasteiger partial charge in [-0.05, 0) is 48.9 Å². The van der Waals surface area contributed by atoms with Crippen LogP contribution in [0.15, 0.2) is 40.0 Å². The zero-order valence-electron chi connectivity index (χ0n) is 16.4. The topological polar surface area (TPSA) is 90.3 Å². The molecule has 0 unspecified atom stereocenters. The van der Waals surface area contributed by atoms with E-state index in [2.05, 4.69) is 17.2 Å². The van der Waals surface area contributed by atoms with Crippen LogP contribution in [0.1, 0.15) is 36.8 Å². The average Bonchev–Trinajstić information content (AvgIpc) is 3.00. The third-order valence-electron chi connectivity index (χ3n) is 4.37. The third kappa shape index (κ3) is 5.57. The lowest BCUT2D eigenvalue weighted by atomic mass is 10.2. The molecule has 29 heavy (non-hydrogen) atoms. The lowest BCUT2D eigenvalue weighted by molar-refractivity contribution is -0.115. The number of nitrogens with one attached hydrogen (secondary N) is 1. The molecule has 0 bridgehead atoms. The number of unbranched alkanes of at least 4 members (excludes halogenated alkanes) is 1. The van der Waals surface area contributed by atoms with Crippen LogP contribution in [0.2, 0.25) is 0 Å². The van der Waals surface area contributed by atoms with Gasteiger partial charge in [0.25, 0.3) is 16.7 Å². The second kappa shape index (κ2) is 9.56. The van der Waals surface area contributed by atoms with E-state index in [1.165, 1.54) is 0 Å². The lowest BCUT2D eigenvalue weighted by Crippen LogP contribution is -2.27. The normalized spacial score (nSPS) is 15.0. The molecule has 152 valence electrons. The van der Waals surface area contributed by atoms with Crippen molar-refractivity contribution in [2.24, 2.45) is 0 Å². The fraction of sp³-hybridized carbons (Fsp3) is 0.333. The van der Waals surface area contributed by atoms with E-state index in [1.54, 1.807) is 28.8 Å². The number of imide groups is 1. The summed E-state index contributed by atoms with van der Waals surface area (Å²) < 4.78 is 7.45. The summed E-state index contributed by atoms with van der Waals surface area (Å²) in [5.41, 5.74) is 1.47. The van der Waals surface area contributed by atoms with Crippen LogP contribution in [0, 0.1) is 6.92 Å². The SMILES string of the molecule is CCCCc1nc(C)cc(=O)n1CCOc1ccc(C=C2SC(=O)NC2=O)cc1. The Morgan fingerprint density at radius 2 is 1.97 bits per heavy atom. The molecule has 0 saturated carbocycles. The van der Waals surface area contributed by atoms with Crippen molar-refractivity contribution < 1.29 is 14.3 Å². The van der Waals surface area contributed by atoms with Gasteiger partial charge in [-0.3, -0.25) is 24.3 Å². The van der Waals surface area contributed by atoms with Gasteiger partial charge in [0.15, 0.2) is 0 Å². The van der Waals surface area contributed by atoms with E-state index in [0.717, 1.165) is 48.1 Å². The molecule has 1 aromatic heterocycles. The molecule has 7 nitrogen and oxygen atoms in total. The Balaban J connectivity index is 1.61. The Morgan fingerprint density at radius 3 is 2.62 bits per heavy atom. The van der Waals surface area contributed by atoms with E-state index in [9.17, 15) is 14.4 Å². The monoisotopic (exact) mass is 413 g/mol. The van der Waals surface area contributed by atoms with Gasteiger partial charge in [0.2, 0.25) is 0 Å². The van der Waals surface area contributed by atoms with E-state index < -0.39 is 0 Å². The highest BCUT2D eigenvalue weighted by Gasteiger charge is 2.24. The van der Waals surface area contributed by atoms with Gasteiger partial charge >= 0.3 is 0 Å². The molecule has 2 amide bonds. The van der Waals surface area contributed by atoms with Crippen LogP contribution in [-0.4, -0.2) is 27.3 Å². The van der Waals surface area contributed by atoms with Crippen molar-refractivity contribution in [2.75, 3.05) is 6.61 Å². The van der Waals surface area contributed by atoms with Gasteiger partial charge in [-0.15, -0.1) is 0 Å². The Bertz CT molecular complexity index is 996. The third-order valence-corrected chi connectivity index (χ3v) is 5.18. The molecule has 2 heterocycles. The van der Waals surface area contributed by atoms with Gasteiger partial charge in [0.05, 0.1) is 11.4 Å². The fourth-order valence-corrected chi connectivity index (χ4v) is 3.61. The van der Waals surface area contributed by atoms with Crippen molar-refractivity contribution in [3.8, 4) is 5.75 Å². The van der Waals surface area contributed by atoms with E-state index >= 15 is 0 Å². The highest BCUT2D eigenvalue weighted by Crippen LogP contribution is 2.26. The van der Waals surface area contributed by atoms with E-state index in [0.29, 0.717) is 23.8 Å². The van der Waals surface area contributed by atoms with E-state index in [1.807, 2.05) is 19.1 Å². The summed E-state index contributed by atoms with van der Waals surface area (Å²) >= 11 is 0.885. The molecule has 1 aromatic carbocycles. The van der Waals surface area contributed by atoms with E-state index in [4.69, 9.17) is 4.74 Å². The van der Waals surface area contributed by atoms with Gasteiger partial charge in [0, 0.05) is 18.2 Å². The number of carbonyl (C=O) groups is 2. The fourth-order valence-electron chi connectivity index (χ4n) is 2.93. The molecule has 1 saturated heterocycles. The smallest absolute Gasteiger partial charge is 0.290 e. The predicted octanol–water partition coefficient (Wildman–Crippen LogP) is 3.30. The molecule has 1 fully saturated rings. The number of hydrogen-bond donors (Lipinski definition) is 1. The molecule has 0 radical (unpaired) electrons. The largest absolute Gasteiger partial charge is 0.492 e. The average molecular weight is 413 g/mol. The minimum absolute atomic E-state index is 0.0592. The quantitative estimate of drug-likeness (QED) is 0.668. The molecule has 3 rings (SSSR count). The Morgan fingerprint density at radius 1 is 1.21 bits per heavy atom. The van der Waals surface area contributed by atoms with Gasteiger partial charge in [-0.1, -0.05) is 25.5 Å². The molecule has 0 aliphatic carbocycles. The Hall–Kier alpha value is -2.87. The van der Waals surface area contributed by atoms with Gasteiger partial charge < -0.3 is 4.74 Å². The molecule has 1 N–H and O–H groups in total. The zero-order chi connectivity index (χ0) is 20.8. The highest BCUT2D eigenvalue weighted by atomic mass is 32.2. The van der Waals surface area contributed by atoms with Crippen molar-refractivity contribution in [3.63, 3.8) is 0 Å². The second-order valence-corrected chi connectivity index (χ2v) is 7.69. The molecular weight excluding hydrogens is 390 g/mol. The number of ether oxygens (including phenoxy) is 1. The van der Waals surface area contributed by atoms with Crippen LogP contribution in [0.25, 0.3) is 6.08 Å². The Kier molecular flexibility index (Phi) is 6.87. The molecule has 8 heteroatoms. The first-order valence-electron chi connectivity index (χ1n) is 9.51. The van der Waals surface area contributed by atoms with Crippen LogP contribution in [0.4, 0.5) is 4.79 Å². The number of aryl methyl sites for hydroxylation is 2. The van der Waals surface area contributed by atoms with Crippen LogP contribution in [0.5, 0.6) is 5.75 Å². The second-order valence-electron chi connectivity index (χ2n) is 6.68. The van der Waals surface area contributed by atoms with Crippen molar-refractivity contribution >= 4 is 29.0 Å². The Labute approximate surface area is 173 Å². The van der Waals surface area contributed by atoms with Crippen molar-refractivity contribution in [1.82, 2.24) is 14.9 Å². The van der Waals surface area contributed by atoms with Crippen molar-refractivity contribution in [2.45, 2.75) is 39.7 Å². The number of rotatable bonds is 8. The summed E-state index contributed by atoms with van der Waals surface area (Å²) in [6.07, 6.45) is 4.45. The minimum atomic E-state index is -0.378. The molecular formula is C21H23N3O4S. The number of hydrogen-bond acceptors (Lipinski definition) is 6. The van der Waals surface area contributed by atoms with Crippen molar-refractivity contribution in [1.29, 1.82) is 0 Å². The number of amides is 2. The first-order valence-corrected chi connectivity index (χ1v) is 10.3. The molecule has 1 aliphatic rings. The number of benzene rings is 1. The maximum atomic E-state index is 12.3. The summed E-state index contributed by atoms with van der Waals surface area (Å²) in [6, 6.07) is 8.75. The maximum absolute atomic E-state index is 12.3. The summed E-state index contributed by atoms with van der Waals surface area (Å²) in [4.78, 5) is 40.0. The number of carbonyl (C=O) groups excluding carboxylic acids is 2. The van der Waals surface area contributed by atoms with Gasteiger partial charge in [-0.2, -0.15) is 0 Å². The lowest BCUT2D eigenvalue weighted by Gasteiger charge is -2.13. The van der Waals surface area contributed by atoms with Gasteiger partial charge in [-0.25, -0.2) is 4.98 Å². The maximum Gasteiger partial charge on any atom is 0.290 e. The molecule has 2 aromatic rings. The number of thioether (sulfide) groups is 1. The highest BCUT2D eigenvalue weighted by molar-refractivity contribution is 8.18. The molecule has 0 spiro atoms.